The molecule has 2 aromatic carbocycles. The number of benzene rings is 2. The Balaban J connectivity index is 2.25. The van der Waals surface area contributed by atoms with Gasteiger partial charge in [0.05, 0.1) is 16.9 Å². The van der Waals surface area contributed by atoms with Gasteiger partial charge in [0.1, 0.15) is 11.2 Å². The molecule has 0 bridgehead atoms. The Morgan fingerprint density at radius 2 is 2.00 bits per heavy atom. The maximum atomic E-state index is 5.99. The molecule has 1 N–H and O–H groups in total. The van der Waals surface area contributed by atoms with Crippen LogP contribution in [0.2, 0.25) is 0 Å². The molecule has 1 heterocycles. The van der Waals surface area contributed by atoms with Crippen LogP contribution in [0.3, 0.4) is 0 Å². The van der Waals surface area contributed by atoms with E-state index in [1.165, 1.54) is 0 Å². The highest BCUT2D eigenvalue weighted by Gasteiger charge is 2.12. The van der Waals surface area contributed by atoms with E-state index in [1.54, 1.807) is 0 Å². The molecule has 3 rings (SSSR count). The summed E-state index contributed by atoms with van der Waals surface area (Å²) < 4.78 is 5.99. The van der Waals surface area contributed by atoms with E-state index in [1.807, 2.05) is 26.0 Å². The fraction of sp³-hybridized carbons (Fsp3) is 0.235. The lowest BCUT2D eigenvalue weighted by Crippen LogP contribution is -2.07. The third-order valence-electron chi connectivity index (χ3n) is 3.43. The number of nitrogens with zero attached hydrogens (tertiary/aromatic N) is 1. The minimum Gasteiger partial charge on any atom is -0.456 e. The van der Waals surface area contributed by atoms with Crippen LogP contribution in [0.4, 0.5) is 5.69 Å². The number of hydrogen-bond donors (Lipinski definition) is 1. The van der Waals surface area contributed by atoms with Crippen molar-refractivity contribution in [3.63, 3.8) is 0 Å². The molecule has 0 radical (unpaired) electrons. The normalized spacial score (nSPS) is 12.2. The van der Waals surface area contributed by atoms with Gasteiger partial charge in [-0.1, -0.05) is 24.3 Å². The predicted molar refractivity (Wildman–Crippen MR) is 85.7 cm³/mol. The first-order chi connectivity index (χ1) is 9.70. The van der Waals surface area contributed by atoms with Gasteiger partial charge >= 0.3 is 0 Å². The molecule has 0 aliphatic carbocycles. The Morgan fingerprint density at radius 3 is 2.80 bits per heavy atom. The first-order valence-corrected chi connectivity index (χ1v) is 6.89. The van der Waals surface area contributed by atoms with Gasteiger partial charge in [0, 0.05) is 11.9 Å². The maximum absolute atomic E-state index is 5.99. The van der Waals surface area contributed by atoms with E-state index < -0.39 is 0 Å². The van der Waals surface area contributed by atoms with Gasteiger partial charge < -0.3 is 9.73 Å². The monoisotopic (exact) mass is 266 g/mol. The van der Waals surface area contributed by atoms with Gasteiger partial charge in [0.2, 0.25) is 0 Å². The first-order valence-electron chi connectivity index (χ1n) is 6.89. The Morgan fingerprint density at radius 1 is 1.20 bits per heavy atom. The highest BCUT2D eigenvalue weighted by atomic mass is 16.3. The van der Waals surface area contributed by atoms with Crippen LogP contribution >= 0.6 is 0 Å². The topological polar surface area (TPSA) is 37.5 Å². The molecule has 0 aliphatic heterocycles. The Bertz CT molecular complexity index is 799. The maximum Gasteiger partial charge on any atom is 0.138 e. The lowest BCUT2D eigenvalue weighted by Gasteiger charge is -2.06. The fourth-order valence-corrected chi connectivity index (χ4v) is 2.56. The van der Waals surface area contributed by atoms with E-state index in [2.05, 4.69) is 41.5 Å². The second-order valence-electron chi connectivity index (χ2n) is 4.92. The lowest BCUT2D eigenvalue weighted by molar-refractivity contribution is 0.666. The highest BCUT2D eigenvalue weighted by Crippen LogP contribution is 2.35. The van der Waals surface area contributed by atoms with E-state index in [-0.39, 0.29) is 0 Å². The number of hydrogen-bond acceptors (Lipinski definition) is 2. The average molecular weight is 266 g/mol. The van der Waals surface area contributed by atoms with Crippen molar-refractivity contribution in [2.75, 3.05) is 11.9 Å². The van der Waals surface area contributed by atoms with Crippen molar-refractivity contribution in [3.05, 3.63) is 42.0 Å². The number of nitrogens with one attached hydrogen (secondary N) is 1. The molecule has 3 aromatic rings. The van der Waals surface area contributed by atoms with Crippen LogP contribution in [-0.4, -0.2) is 12.4 Å². The van der Waals surface area contributed by atoms with E-state index in [9.17, 15) is 0 Å². The fourth-order valence-electron chi connectivity index (χ4n) is 2.56. The van der Waals surface area contributed by atoms with Gasteiger partial charge in [-0.15, -0.1) is 0 Å². The predicted octanol–water partition coefficient (Wildman–Crippen LogP) is 4.74. The summed E-state index contributed by atoms with van der Waals surface area (Å²) in [4.78, 5) is 4.38. The molecule has 0 amide bonds. The largest absolute Gasteiger partial charge is 0.456 e. The Labute approximate surface area is 118 Å². The summed E-state index contributed by atoms with van der Waals surface area (Å²) in [5.74, 6) is 0.919. The Hall–Kier alpha value is -2.29. The summed E-state index contributed by atoms with van der Waals surface area (Å²) >= 11 is 0. The van der Waals surface area contributed by atoms with Crippen LogP contribution < -0.4 is 5.32 Å². The van der Waals surface area contributed by atoms with E-state index in [0.717, 1.165) is 45.6 Å². The van der Waals surface area contributed by atoms with Crippen molar-refractivity contribution in [2.45, 2.75) is 20.8 Å². The zero-order valence-electron chi connectivity index (χ0n) is 12.0. The van der Waals surface area contributed by atoms with Crippen molar-refractivity contribution < 1.29 is 4.42 Å². The molecule has 3 heteroatoms. The van der Waals surface area contributed by atoms with Crippen LogP contribution in [0.5, 0.6) is 0 Å². The molecule has 0 spiro atoms. The molecule has 102 valence electrons. The summed E-state index contributed by atoms with van der Waals surface area (Å²) in [6.07, 6.45) is 0. The molecule has 1 aromatic heterocycles. The van der Waals surface area contributed by atoms with Gasteiger partial charge in [-0.05, 0) is 38.5 Å². The van der Waals surface area contributed by atoms with Gasteiger partial charge in [0.15, 0.2) is 0 Å². The highest BCUT2D eigenvalue weighted by molar-refractivity contribution is 6.14. The van der Waals surface area contributed by atoms with Gasteiger partial charge in [-0.2, -0.15) is 0 Å². The van der Waals surface area contributed by atoms with Crippen LogP contribution in [0.15, 0.2) is 45.8 Å². The molecule has 3 nitrogen and oxygen atoms in total. The third-order valence-corrected chi connectivity index (χ3v) is 3.43. The second-order valence-corrected chi connectivity index (χ2v) is 4.92. The number of anilines is 1. The Kier molecular flexibility index (Phi) is 3.18. The van der Waals surface area contributed by atoms with E-state index >= 15 is 0 Å². The van der Waals surface area contributed by atoms with E-state index in [4.69, 9.17) is 4.42 Å². The molecule has 0 atom stereocenters. The van der Waals surface area contributed by atoms with Crippen LogP contribution in [0.25, 0.3) is 21.9 Å². The minimum atomic E-state index is 0.778. The number of aliphatic imine (C=N–C) groups is 1. The quantitative estimate of drug-likeness (QED) is 0.537. The van der Waals surface area contributed by atoms with Gasteiger partial charge in [-0.25, -0.2) is 0 Å². The smallest absolute Gasteiger partial charge is 0.138 e. The van der Waals surface area contributed by atoms with Crippen molar-refractivity contribution in [1.29, 1.82) is 0 Å². The molecular formula is C17H18N2O. The van der Waals surface area contributed by atoms with Crippen LogP contribution in [-0.2, 0) is 0 Å². The van der Waals surface area contributed by atoms with Crippen LogP contribution in [0, 0.1) is 6.92 Å². The van der Waals surface area contributed by atoms with E-state index in [0.29, 0.717) is 0 Å². The van der Waals surface area contributed by atoms with Crippen molar-refractivity contribution in [1.82, 2.24) is 0 Å². The zero-order chi connectivity index (χ0) is 14.1. The average Bonchev–Trinajstić information content (AvgIpc) is 2.80. The number of furan rings is 1. The summed E-state index contributed by atoms with van der Waals surface area (Å²) in [7, 11) is 0. The molecule has 0 saturated carbocycles. The van der Waals surface area contributed by atoms with Crippen LogP contribution in [0.1, 0.15) is 19.4 Å². The standard InChI is InChI=1S/C17H18N2O/c1-4-18-12(3)19-14-9-6-10-15-16(14)13-8-5-7-11(2)17(13)20-15/h5-10H,4H2,1-3H3,(H,18,19). The molecule has 20 heavy (non-hydrogen) atoms. The molecule has 0 saturated heterocycles. The van der Waals surface area contributed by atoms with Gasteiger partial charge in [-0.3, -0.25) is 4.99 Å². The molecule has 0 aliphatic rings. The molecular weight excluding hydrogens is 248 g/mol. The first kappa shape index (κ1) is 12.7. The van der Waals surface area contributed by atoms with Crippen molar-refractivity contribution in [2.24, 2.45) is 4.99 Å². The molecule has 0 fully saturated rings. The minimum absolute atomic E-state index is 0.778. The zero-order valence-corrected chi connectivity index (χ0v) is 12.0. The van der Waals surface area contributed by atoms with Gasteiger partial charge in [0.25, 0.3) is 0 Å². The summed E-state index contributed by atoms with van der Waals surface area (Å²) in [6.45, 7) is 6.86. The molecule has 0 unspecified atom stereocenters. The van der Waals surface area contributed by atoms with Crippen molar-refractivity contribution in [3.8, 4) is 0 Å². The SMILES string of the molecule is CCN=C(C)Nc1cccc2oc3c(C)cccc3c12. The number of aryl methyl sites for hydroxylation is 1. The number of rotatable bonds is 2. The number of amidine groups is 1. The summed E-state index contributed by atoms with van der Waals surface area (Å²) in [6, 6.07) is 12.3. The summed E-state index contributed by atoms with van der Waals surface area (Å²) in [5.41, 5.74) is 4.07. The number of fused-ring (bicyclic) bond motifs is 3. The number of para-hydroxylation sites is 1. The second kappa shape index (κ2) is 5.00. The lowest BCUT2D eigenvalue weighted by atomic mass is 10.1. The summed E-state index contributed by atoms with van der Waals surface area (Å²) in [5, 5.41) is 5.64. The van der Waals surface area contributed by atoms with Crippen molar-refractivity contribution >= 4 is 33.5 Å². The third kappa shape index (κ3) is 2.05.